The van der Waals surface area contributed by atoms with Gasteiger partial charge in [0.1, 0.15) is 5.82 Å². The molecule has 4 aromatic rings. The van der Waals surface area contributed by atoms with Crippen molar-refractivity contribution in [3.8, 4) is 5.95 Å². The molecule has 7 heteroatoms. The van der Waals surface area contributed by atoms with Crippen LogP contribution in [0.5, 0.6) is 0 Å². The highest BCUT2D eigenvalue weighted by molar-refractivity contribution is 6.06. The van der Waals surface area contributed by atoms with Gasteiger partial charge in [-0.15, -0.1) is 0 Å². The average molecular weight is 428 g/mol. The van der Waals surface area contributed by atoms with E-state index in [1.807, 2.05) is 41.0 Å². The van der Waals surface area contributed by atoms with Crippen LogP contribution in [-0.4, -0.2) is 27.0 Å². The molecule has 1 amide bonds. The number of carbonyl (C=O) groups is 1. The minimum absolute atomic E-state index is 0.441. The van der Waals surface area contributed by atoms with Gasteiger partial charge in [0, 0.05) is 35.2 Å². The van der Waals surface area contributed by atoms with Crippen molar-refractivity contribution in [1.82, 2.24) is 14.5 Å². The van der Waals surface area contributed by atoms with Crippen molar-refractivity contribution in [2.75, 3.05) is 11.9 Å². The summed E-state index contributed by atoms with van der Waals surface area (Å²) in [4.78, 5) is 21.8. The molecule has 0 saturated carbocycles. The molecule has 0 aliphatic carbocycles. The first-order valence-corrected chi connectivity index (χ1v) is 10.8. The van der Waals surface area contributed by atoms with Gasteiger partial charge in [0.2, 0.25) is 11.9 Å². The molecule has 0 saturated heterocycles. The number of ether oxygens (including phenoxy) is 1. The van der Waals surface area contributed by atoms with Crippen LogP contribution in [0.3, 0.4) is 0 Å². The van der Waals surface area contributed by atoms with Gasteiger partial charge in [-0.3, -0.25) is 9.36 Å². The number of nitrogens with zero attached hydrogens (tertiary/aromatic N) is 3. The molecule has 1 aliphatic rings. The number of aryl methyl sites for hydroxylation is 1. The Morgan fingerprint density at radius 3 is 2.78 bits per heavy atom. The molecule has 0 spiro atoms. The Kier molecular flexibility index (Phi) is 5.33. The van der Waals surface area contributed by atoms with E-state index in [-0.39, 0.29) is 0 Å². The van der Waals surface area contributed by atoms with Crippen LogP contribution in [0.1, 0.15) is 39.8 Å². The Balaban J connectivity index is 1.64. The molecular formula is C25H25N5O2. The maximum absolute atomic E-state index is 12.0. The van der Waals surface area contributed by atoms with Gasteiger partial charge in [-0.05, 0) is 30.2 Å². The normalized spacial score (nSPS) is 13.2. The van der Waals surface area contributed by atoms with E-state index in [2.05, 4.69) is 24.4 Å². The number of rotatable bonds is 6. The number of carbonyl (C=O) groups excluding carboxylic acids is 1. The fourth-order valence-corrected chi connectivity index (χ4v) is 4.24. The van der Waals surface area contributed by atoms with Crippen molar-refractivity contribution < 1.29 is 9.53 Å². The highest BCUT2D eigenvalue weighted by Gasteiger charge is 2.22. The van der Waals surface area contributed by atoms with Gasteiger partial charge in [-0.2, -0.15) is 4.98 Å². The van der Waals surface area contributed by atoms with Gasteiger partial charge in [-0.1, -0.05) is 43.3 Å². The molecule has 1 aliphatic heterocycles. The fraction of sp³-hybridized carbons (Fsp3) is 0.240. The second-order valence-corrected chi connectivity index (χ2v) is 7.87. The standard InChI is InChI=1S/C25H25N5O2/c1-2-17-13-19-18(23(26)31)9-6-10-22(19)30(17)25-28-21-11-12-32-15-20(21)24(29-25)27-14-16-7-4-3-5-8-16/h3-10,13H,2,11-12,14-15H2,1H3,(H2,26,31)(H,27,28,29). The van der Waals surface area contributed by atoms with Gasteiger partial charge in [0.15, 0.2) is 0 Å². The van der Waals surface area contributed by atoms with Crippen molar-refractivity contribution in [3.05, 3.63) is 82.7 Å². The third-order valence-corrected chi connectivity index (χ3v) is 5.86. The van der Waals surface area contributed by atoms with Gasteiger partial charge in [0.05, 0.1) is 24.4 Å². The topological polar surface area (TPSA) is 95.1 Å². The Labute approximate surface area is 186 Å². The summed E-state index contributed by atoms with van der Waals surface area (Å²) >= 11 is 0. The van der Waals surface area contributed by atoms with E-state index in [1.54, 1.807) is 6.07 Å². The predicted molar refractivity (Wildman–Crippen MR) is 124 cm³/mol. The van der Waals surface area contributed by atoms with Crippen LogP contribution < -0.4 is 11.1 Å². The first-order chi connectivity index (χ1) is 15.7. The van der Waals surface area contributed by atoms with Crippen LogP contribution in [0.15, 0.2) is 54.6 Å². The second-order valence-electron chi connectivity index (χ2n) is 7.87. The summed E-state index contributed by atoms with van der Waals surface area (Å²) in [6.07, 6.45) is 1.50. The fourth-order valence-electron chi connectivity index (χ4n) is 4.24. The Bertz CT molecular complexity index is 1300. The smallest absolute Gasteiger partial charge is 0.249 e. The summed E-state index contributed by atoms with van der Waals surface area (Å²) in [7, 11) is 0. The second kappa shape index (κ2) is 8.43. The monoisotopic (exact) mass is 427 g/mol. The molecule has 2 aromatic carbocycles. The Morgan fingerprint density at radius 1 is 1.16 bits per heavy atom. The lowest BCUT2D eigenvalue weighted by Gasteiger charge is -2.21. The number of hydrogen-bond donors (Lipinski definition) is 2. The van der Waals surface area contributed by atoms with Gasteiger partial charge >= 0.3 is 0 Å². The number of nitrogens with two attached hydrogens (primary N) is 1. The lowest BCUT2D eigenvalue weighted by molar-refractivity contribution is 0.100. The molecule has 0 unspecified atom stereocenters. The van der Waals surface area contributed by atoms with Crippen LogP contribution in [0.2, 0.25) is 0 Å². The number of aromatic nitrogens is 3. The lowest BCUT2D eigenvalue weighted by Crippen LogP contribution is -2.19. The highest BCUT2D eigenvalue weighted by Crippen LogP contribution is 2.29. The van der Waals surface area contributed by atoms with Crippen molar-refractivity contribution in [3.63, 3.8) is 0 Å². The quantitative estimate of drug-likeness (QED) is 0.488. The summed E-state index contributed by atoms with van der Waals surface area (Å²) in [5, 5.41) is 4.31. The number of primary amides is 1. The number of nitrogens with one attached hydrogen (secondary N) is 1. The molecule has 0 atom stereocenters. The van der Waals surface area contributed by atoms with E-state index < -0.39 is 5.91 Å². The SMILES string of the molecule is CCc1cc2c(C(N)=O)cccc2n1-c1nc2c(c(NCc3ccccc3)n1)COCC2. The van der Waals surface area contributed by atoms with Gasteiger partial charge in [-0.25, -0.2) is 4.98 Å². The van der Waals surface area contributed by atoms with E-state index in [0.717, 1.165) is 46.5 Å². The number of amides is 1. The zero-order valence-electron chi connectivity index (χ0n) is 18.0. The number of fused-ring (bicyclic) bond motifs is 2. The summed E-state index contributed by atoms with van der Waals surface area (Å²) in [5.74, 6) is 0.933. The summed E-state index contributed by atoms with van der Waals surface area (Å²) < 4.78 is 7.73. The van der Waals surface area contributed by atoms with Gasteiger partial charge in [0.25, 0.3) is 0 Å². The van der Waals surface area contributed by atoms with Crippen molar-refractivity contribution in [1.29, 1.82) is 0 Å². The molecule has 32 heavy (non-hydrogen) atoms. The molecule has 5 rings (SSSR count). The zero-order valence-corrected chi connectivity index (χ0v) is 18.0. The predicted octanol–water partition coefficient (Wildman–Crippen LogP) is 3.77. The van der Waals surface area contributed by atoms with Crippen molar-refractivity contribution >= 4 is 22.6 Å². The molecule has 7 nitrogen and oxygen atoms in total. The first kappa shape index (κ1) is 20.2. The van der Waals surface area contributed by atoms with E-state index >= 15 is 0 Å². The van der Waals surface area contributed by atoms with E-state index in [1.165, 1.54) is 5.56 Å². The minimum atomic E-state index is -0.441. The average Bonchev–Trinajstić information content (AvgIpc) is 3.21. The minimum Gasteiger partial charge on any atom is -0.376 e. The molecule has 3 heterocycles. The van der Waals surface area contributed by atoms with E-state index in [4.69, 9.17) is 20.4 Å². The van der Waals surface area contributed by atoms with Crippen molar-refractivity contribution in [2.45, 2.75) is 32.9 Å². The van der Waals surface area contributed by atoms with Crippen LogP contribution in [0.25, 0.3) is 16.9 Å². The summed E-state index contributed by atoms with van der Waals surface area (Å²) in [5.41, 5.74) is 11.2. The van der Waals surface area contributed by atoms with Crippen LogP contribution in [0.4, 0.5) is 5.82 Å². The summed E-state index contributed by atoms with van der Waals surface area (Å²) in [6, 6.07) is 17.8. The maximum atomic E-state index is 12.0. The third-order valence-electron chi connectivity index (χ3n) is 5.86. The summed E-state index contributed by atoms with van der Waals surface area (Å²) in [6.45, 7) is 3.87. The third kappa shape index (κ3) is 3.61. The highest BCUT2D eigenvalue weighted by atomic mass is 16.5. The van der Waals surface area contributed by atoms with Crippen LogP contribution in [0, 0.1) is 0 Å². The number of anilines is 1. The van der Waals surface area contributed by atoms with Crippen LogP contribution >= 0.6 is 0 Å². The molecular weight excluding hydrogens is 402 g/mol. The van der Waals surface area contributed by atoms with Crippen molar-refractivity contribution in [2.24, 2.45) is 5.73 Å². The zero-order chi connectivity index (χ0) is 22.1. The molecule has 0 fully saturated rings. The van der Waals surface area contributed by atoms with Crippen LogP contribution in [-0.2, 0) is 30.7 Å². The number of hydrogen-bond acceptors (Lipinski definition) is 5. The molecule has 0 radical (unpaired) electrons. The Hall–Kier alpha value is -3.71. The van der Waals surface area contributed by atoms with E-state index in [0.29, 0.717) is 31.3 Å². The first-order valence-electron chi connectivity index (χ1n) is 10.8. The molecule has 3 N–H and O–H groups in total. The van der Waals surface area contributed by atoms with E-state index in [9.17, 15) is 4.79 Å². The van der Waals surface area contributed by atoms with Gasteiger partial charge < -0.3 is 15.8 Å². The molecule has 162 valence electrons. The molecule has 2 aromatic heterocycles. The molecule has 0 bridgehead atoms. The maximum Gasteiger partial charge on any atom is 0.249 e. The lowest BCUT2D eigenvalue weighted by atomic mass is 10.1. The Morgan fingerprint density at radius 2 is 2.00 bits per heavy atom. The number of benzene rings is 2. The largest absolute Gasteiger partial charge is 0.376 e.